The molecule has 1 aliphatic rings. The van der Waals surface area contributed by atoms with Crippen molar-refractivity contribution in [2.75, 3.05) is 0 Å². The lowest BCUT2D eigenvalue weighted by molar-refractivity contribution is -0.119. The number of thiophene rings is 1. The summed E-state index contributed by atoms with van der Waals surface area (Å²) in [6, 6.07) is -0.903. The van der Waals surface area contributed by atoms with E-state index in [2.05, 4.69) is 23.8 Å². The van der Waals surface area contributed by atoms with Crippen LogP contribution in [0.1, 0.15) is 30.7 Å². The summed E-state index contributed by atoms with van der Waals surface area (Å²) in [6.07, 6.45) is 4.57. The third-order valence-corrected chi connectivity index (χ3v) is 6.83. The highest BCUT2D eigenvalue weighted by molar-refractivity contribution is 8.00. The third kappa shape index (κ3) is 3.93. The van der Waals surface area contributed by atoms with Gasteiger partial charge in [-0.1, -0.05) is 24.8 Å². The van der Waals surface area contributed by atoms with Gasteiger partial charge < -0.3 is 5.73 Å². The molecule has 0 radical (unpaired) electrons. The van der Waals surface area contributed by atoms with E-state index < -0.39 is 17.2 Å². The fraction of sp³-hybridized carbons (Fsp3) is 0.444. The minimum atomic E-state index is -0.903. The number of nitrogens with zero attached hydrogens (tertiary/aromatic N) is 2. The normalized spacial score (nSPS) is 17.3. The molecule has 2 aromatic heterocycles. The Bertz CT molecular complexity index is 979. The van der Waals surface area contributed by atoms with E-state index >= 15 is 0 Å². The summed E-state index contributed by atoms with van der Waals surface area (Å²) in [5.41, 5.74) is 6.03. The van der Waals surface area contributed by atoms with Gasteiger partial charge in [0, 0.05) is 11.4 Å². The van der Waals surface area contributed by atoms with Gasteiger partial charge in [-0.05, 0) is 37.7 Å². The lowest BCUT2D eigenvalue weighted by Gasteiger charge is -2.18. The molecule has 0 spiro atoms. The number of aryl methyl sites for hydroxylation is 1. The number of urea groups is 1. The van der Waals surface area contributed by atoms with Gasteiger partial charge >= 0.3 is 6.03 Å². The van der Waals surface area contributed by atoms with E-state index in [1.165, 1.54) is 4.88 Å². The van der Waals surface area contributed by atoms with Crippen LogP contribution in [0, 0.1) is 5.92 Å². The van der Waals surface area contributed by atoms with Crippen LogP contribution in [0.2, 0.25) is 0 Å². The molecule has 2 aromatic rings. The first-order chi connectivity index (χ1) is 12.8. The van der Waals surface area contributed by atoms with Crippen molar-refractivity contribution in [3.05, 3.63) is 33.4 Å². The zero-order valence-electron chi connectivity index (χ0n) is 15.3. The largest absolute Gasteiger partial charge is 0.351 e. The molecule has 0 fully saturated rings. The molecule has 7 nitrogen and oxygen atoms in total. The summed E-state index contributed by atoms with van der Waals surface area (Å²) in [7, 11) is 0. The monoisotopic (exact) mass is 406 g/mol. The Labute approximate surface area is 165 Å². The Morgan fingerprint density at radius 1 is 1.56 bits per heavy atom. The number of imide groups is 1. The minimum absolute atomic E-state index is 0.100. The summed E-state index contributed by atoms with van der Waals surface area (Å²) in [5.74, 6) is 0.0821. The first-order valence-electron chi connectivity index (χ1n) is 8.74. The molecule has 2 heterocycles. The number of carbonyl (C=O) groups is 2. The van der Waals surface area contributed by atoms with Crippen molar-refractivity contribution >= 4 is 45.3 Å². The van der Waals surface area contributed by atoms with Gasteiger partial charge in [0.05, 0.1) is 10.6 Å². The van der Waals surface area contributed by atoms with Crippen molar-refractivity contribution in [3.63, 3.8) is 0 Å². The number of nitrogens with two attached hydrogens (primary N) is 1. The highest BCUT2D eigenvalue weighted by Crippen LogP contribution is 2.36. The molecule has 0 bridgehead atoms. The number of thioether (sulfide) groups is 1. The molecule has 144 valence electrons. The molecule has 27 heavy (non-hydrogen) atoms. The first-order valence-corrected chi connectivity index (χ1v) is 10.4. The predicted octanol–water partition coefficient (Wildman–Crippen LogP) is 2.44. The summed E-state index contributed by atoms with van der Waals surface area (Å²) in [6.45, 7) is 7.88. The van der Waals surface area contributed by atoms with Gasteiger partial charge in [-0.3, -0.25) is 19.5 Å². The van der Waals surface area contributed by atoms with Crippen LogP contribution in [0.15, 0.2) is 22.6 Å². The van der Waals surface area contributed by atoms with Crippen LogP contribution in [-0.4, -0.2) is 26.7 Å². The number of allylic oxidation sites excluding steroid dienone is 1. The van der Waals surface area contributed by atoms with E-state index in [1.807, 2.05) is 0 Å². The zero-order valence-corrected chi connectivity index (χ0v) is 16.9. The Balaban J connectivity index is 2.06. The SMILES string of the molecule is C=CCn1c(S[C@H](C)C(=O)NC(N)=O)nc2sc3c(c2c1=O)CC[C@@H](C)C3. The second-order valence-electron chi connectivity index (χ2n) is 6.74. The Kier molecular flexibility index (Phi) is 5.71. The van der Waals surface area contributed by atoms with Crippen molar-refractivity contribution in [1.82, 2.24) is 14.9 Å². The molecular formula is C18H22N4O3S2. The summed E-state index contributed by atoms with van der Waals surface area (Å²) in [5, 5.41) is 2.56. The molecule has 3 N–H and O–H groups in total. The average Bonchev–Trinajstić information content (AvgIpc) is 2.94. The third-order valence-electron chi connectivity index (χ3n) is 4.59. The highest BCUT2D eigenvalue weighted by atomic mass is 32.2. The average molecular weight is 407 g/mol. The molecule has 9 heteroatoms. The number of carbonyl (C=O) groups excluding carboxylic acids is 2. The number of hydrogen-bond acceptors (Lipinski definition) is 6. The van der Waals surface area contributed by atoms with E-state index in [1.54, 1.807) is 28.9 Å². The quantitative estimate of drug-likeness (QED) is 0.451. The Morgan fingerprint density at radius 2 is 2.30 bits per heavy atom. The number of amides is 3. The highest BCUT2D eigenvalue weighted by Gasteiger charge is 2.26. The van der Waals surface area contributed by atoms with Crippen molar-refractivity contribution in [1.29, 1.82) is 0 Å². The number of primary amides is 1. The number of fused-ring (bicyclic) bond motifs is 3. The molecule has 3 rings (SSSR count). The summed E-state index contributed by atoms with van der Waals surface area (Å²) >= 11 is 2.69. The van der Waals surface area contributed by atoms with Gasteiger partial charge in [0.2, 0.25) is 5.91 Å². The van der Waals surface area contributed by atoms with Crippen LogP contribution in [0.4, 0.5) is 4.79 Å². The molecule has 0 saturated carbocycles. The molecule has 0 unspecified atom stereocenters. The van der Waals surface area contributed by atoms with Gasteiger partial charge in [-0.15, -0.1) is 17.9 Å². The minimum Gasteiger partial charge on any atom is -0.351 e. The standard InChI is InChI=1S/C18H22N4O3S2/c1-4-7-22-16(24)13-11-6-5-9(2)8-12(11)27-15(13)21-18(22)26-10(3)14(23)20-17(19)25/h4,9-10H,1,5-8H2,2-3H3,(H3,19,20,23,25)/t9-,10-/m1/s1. The van der Waals surface area contributed by atoms with Crippen LogP contribution in [0.25, 0.3) is 10.2 Å². The number of aromatic nitrogens is 2. The van der Waals surface area contributed by atoms with E-state index in [0.717, 1.165) is 36.6 Å². The number of hydrogen-bond donors (Lipinski definition) is 2. The van der Waals surface area contributed by atoms with Gasteiger partial charge in [0.1, 0.15) is 4.83 Å². The molecular weight excluding hydrogens is 384 g/mol. The predicted molar refractivity (Wildman–Crippen MR) is 108 cm³/mol. The van der Waals surface area contributed by atoms with Crippen LogP contribution in [0.5, 0.6) is 0 Å². The van der Waals surface area contributed by atoms with E-state index in [0.29, 0.717) is 27.8 Å². The van der Waals surface area contributed by atoms with Gasteiger partial charge in [0.25, 0.3) is 5.56 Å². The number of rotatable bonds is 5. The van der Waals surface area contributed by atoms with Crippen LogP contribution in [0.3, 0.4) is 0 Å². The fourth-order valence-electron chi connectivity index (χ4n) is 3.22. The smallest absolute Gasteiger partial charge is 0.318 e. The zero-order chi connectivity index (χ0) is 19.7. The fourth-order valence-corrected chi connectivity index (χ4v) is 5.56. The molecule has 3 amide bonds. The summed E-state index contributed by atoms with van der Waals surface area (Å²) in [4.78, 5) is 42.7. The Morgan fingerprint density at radius 3 is 2.96 bits per heavy atom. The Hall–Kier alpha value is -2.13. The van der Waals surface area contributed by atoms with Gasteiger partial charge in [-0.25, -0.2) is 9.78 Å². The van der Waals surface area contributed by atoms with Crippen LogP contribution >= 0.6 is 23.1 Å². The molecule has 2 atom stereocenters. The second-order valence-corrected chi connectivity index (χ2v) is 9.14. The topological polar surface area (TPSA) is 107 Å². The molecule has 0 aliphatic heterocycles. The van der Waals surface area contributed by atoms with Gasteiger partial charge in [-0.2, -0.15) is 0 Å². The van der Waals surface area contributed by atoms with Crippen molar-refractivity contribution in [2.24, 2.45) is 11.7 Å². The van der Waals surface area contributed by atoms with Crippen LogP contribution in [-0.2, 0) is 24.2 Å². The van der Waals surface area contributed by atoms with Gasteiger partial charge in [0.15, 0.2) is 5.16 Å². The maximum absolute atomic E-state index is 13.2. The number of nitrogens with one attached hydrogen (secondary N) is 1. The van der Waals surface area contributed by atoms with E-state index in [4.69, 9.17) is 5.73 Å². The van der Waals surface area contributed by atoms with Crippen molar-refractivity contribution < 1.29 is 9.59 Å². The lowest BCUT2D eigenvalue weighted by Crippen LogP contribution is -2.39. The second kappa shape index (κ2) is 7.85. The van der Waals surface area contributed by atoms with E-state index in [9.17, 15) is 14.4 Å². The summed E-state index contributed by atoms with van der Waals surface area (Å²) < 4.78 is 1.54. The van der Waals surface area contributed by atoms with Crippen LogP contribution < -0.4 is 16.6 Å². The van der Waals surface area contributed by atoms with Crippen molar-refractivity contribution in [3.8, 4) is 0 Å². The van der Waals surface area contributed by atoms with E-state index in [-0.39, 0.29) is 5.56 Å². The maximum Gasteiger partial charge on any atom is 0.318 e. The molecule has 1 aliphatic carbocycles. The molecule has 0 aromatic carbocycles. The first kappa shape index (κ1) is 19.6. The molecule has 0 saturated heterocycles. The van der Waals surface area contributed by atoms with Crippen molar-refractivity contribution in [2.45, 2.75) is 50.1 Å². The maximum atomic E-state index is 13.2. The lowest BCUT2D eigenvalue weighted by atomic mass is 9.89.